The number of allylic oxidation sites excluding steroid dienone is 2. The minimum atomic E-state index is -0.362. The van der Waals surface area contributed by atoms with Gasteiger partial charge in [-0.05, 0) is 55.8 Å². The molecule has 21 heavy (non-hydrogen) atoms. The topological polar surface area (TPSA) is 41.5 Å². The maximum absolute atomic E-state index is 10.1. The summed E-state index contributed by atoms with van der Waals surface area (Å²) >= 11 is 0. The van der Waals surface area contributed by atoms with E-state index in [9.17, 15) is 5.11 Å². The van der Waals surface area contributed by atoms with E-state index < -0.39 is 0 Å². The Balaban J connectivity index is 1.28. The van der Waals surface area contributed by atoms with Crippen molar-refractivity contribution >= 4 is 0 Å². The quantitative estimate of drug-likeness (QED) is 0.709. The summed E-state index contributed by atoms with van der Waals surface area (Å²) in [5.41, 5.74) is 0. The van der Waals surface area contributed by atoms with Gasteiger partial charge in [0, 0.05) is 12.6 Å². The number of hydrogen-bond donors (Lipinski definition) is 2. The van der Waals surface area contributed by atoms with E-state index in [4.69, 9.17) is 4.74 Å². The number of aliphatic hydroxyl groups excluding tert-OH is 1. The number of ether oxygens (including phenoxy) is 1. The molecule has 3 rings (SSSR count). The molecule has 0 heterocycles. The van der Waals surface area contributed by atoms with Gasteiger partial charge in [-0.15, -0.1) is 0 Å². The van der Waals surface area contributed by atoms with Crippen molar-refractivity contribution in [1.29, 1.82) is 0 Å². The van der Waals surface area contributed by atoms with Gasteiger partial charge in [0.2, 0.25) is 0 Å². The van der Waals surface area contributed by atoms with Crippen LogP contribution >= 0.6 is 0 Å². The van der Waals surface area contributed by atoms with Gasteiger partial charge in [0.25, 0.3) is 0 Å². The molecule has 120 valence electrons. The van der Waals surface area contributed by atoms with Crippen molar-refractivity contribution in [2.24, 2.45) is 23.7 Å². The van der Waals surface area contributed by atoms with E-state index in [0.717, 1.165) is 24.9 Å². The van der Waals surface area contributed by atoms with Gasteiger partial charge < -0.3 is 15.2 Å². The highest BCUT2D eigenvalue weighted by Crippen LogP contribution is 2.44. The molecule has 0 aromatic rings. The fraction of sp³-hybridized carbons (Fsp3) is 0.889. The maximum atomic E-state index is 10.1. The third-order valence-electron chi connectivity index (χ3n) is 5.91. The molecule has 3 heteroatoms. The van der Waals surface area contributed by atoms with E-state index in [1.165, 1.54) is 32.1 Å². The van der Waals surface area contributed by atoms with Crippen molar-refractivity contribution in [2.45, 2.75) is 57.6 Å². The monoisotopic (exact) mass is 293 g/mol. The van der Waals surface area contributed by atoms with Crippen molar-refractivity contribution in [3.05, 3.63) is 12.2 Å². The molecule has 0 radical (unpaired) electrons. The first-order chi connectivity index (χ1) is 10.2. The van der Waals surface area contributed by atoms with Crippen LogP contribution in [0.1, 0.15) is 45.4 Å². The zero-order chi connectivity index (χ0) is 14.7. The minimum absolute atomic E-state index is 0.362. The van der Waals surface area contributed by atoms with Crippen molar-refractivity contribution < 1.29 is 9.84 Å². The third-order valence-corrected chi connectivity index (χ3v) is 5.91. The lowest BCUT2D eigenvalue weighted by Crippen LogP contribution is -2.40. The molecule has 0 spiro atoms. The Morgan fingerprint density at radius 3 is 2.81 bits per heavy atom. The van der Waals surface area contributed by atoms with Crippen molar-refractivity contribution in [1.82, 2.24) is 5.32 Å². The Morgan fingerprint density at radius 1 is 1.24 bits per heavy atom. The Labute approximate surface area is 129 Å². The van der Waals surface area contributed by atoms with Gasteiger partial charge >= 0.3 is 0 Å². The Bertz CT molecular complexity index is 357. The van der Waals surface area contributed by atoms with Gasteiger partial charge in [0.1, 0.15) is 0 Å². The molecule has 0 aromatic heterocycles. The van der Waals surface area contributed by atoms with Gasteiger partial charge in [-0.2, -0.15) is 0 Å². The lowest BCUT2D eigenvalue weighted by atomic mass is 9.85. The van der Waals surface area contributed by atoms with Crippen LogP contribution < -0.4 is 5.32 Å². The third kappa shape index (κ3) is 4.08. The number of rotatable bonds is 7. The summed E-state index contributed by atoms with van der Waals surface area (Å²) in [6.07, 6.45) is 12.0. The summed E-state index contributed by atoms with van der Waals surface area (Å²) in [7, 11) is 0. The number of aliphatic hydroxyl groups is 1. The molecular formula is C18H31NO2. The molecule has 3 aliphatic rings. The molecule has 0 amide bonds. The van der Waals surface area contributed by atoms with E-state index in [2.05, 4.69) is 24.4 Å². The summed E-state index contributed by atoms with van der Waals surface area (Å²) < 4.78 is 5.76. The highest BCUT2D eigenvalue weighted by atomic mass is 16.5. The second-order valence-corrected chi connectivity index (χ2v) is 7.56. The molecular weight excluding hydrogens is 262 g/mol. The summed E-state index contributed by atoms with van der Waals surface area (Å²) in [5.74, 6) is 3.17. The molecule has 2 bridgehead atoms. The molecule has 6 unspecified atom stereocenters. The summed E-state index contributed by atoms with van der Waals surface area (Å²) in [5, 5.41) is 13.6. The SMILES string of the molecule is CC1CC=CCC1COCC(O)CNC1CC2CCC1C2. The first-order valence-electron chi connectivity index (χ1n) is 8.86. The van der Waals surface area contributed by atoms with Gasteiger partial charge in [-0.1, -0.05) is 25.5 Å². The molecule has 2 saturated carbocycles. The molecule has 0 aliphatic heterocycles. The van der Waals surface area contributed by atoms with E-state index >= 15 is 0 Å². The first kappa shape index (κ1) is 15.5. The standard InChI is InChI=1S/C18H31NO2/c1-13-4-2-3-5-16(13)11-21-12-17(20)10-19-18-9-14-6-7-15(18)8-14/h2-3,13-20H,4-12H2,1H3. The van der Waals surface area contributed by atoms with Crippen LogP contribution in [0.25, 0.3) is 0 Å². The van der Waals surface area contributed by atoms with Gasteiger partial charge in [0.15, 0.2) is 0 Å². The zero-order valence-electron chi connectivity index (χ0n) is 13.3. The molecule has 3 aliphatic carbocycles. The van der Waals surface area contributed by atoms with Gasteiger partial charge in [0.05, 0.1) is 19.3 Å². The lowest BCUT2D eigenvalue weighted by molar-refractivity contribution is 0.0112. The Kier molecular flexibility index (Phi) is 5.36. The number of hydrogen-bond acceptors (Lipinski definition) is 3. The molecule has 6 atom stereocenters. The highest BCUT2D eigenvalue weighted by molar-refractivity contribution is 4.94. The van der Waals surface area contributed by atoms with Crippen LogP contribution in [0.15, 0.2) is 12.2 Å². The van der Waals surface area contributed by atoms with Crippen molar-refractivity contribution in [2.75, 3.05) is 19.8 Å². The van der Waals surface area contributed by atoms with Crippen LogP contribution in [0.3, 0.4) is 0 Å². The summed E-state index contributed by atoms with van der Waals surface area (Å²) in [4.78, 5) is 0. The lowest BCUT2D eigenvalue weighted by Gasteiger charge is -2.26. The first-order valence-corrected chi connectivity index (χ1v) is 8.86. The van der Waals surface area contributed by atoms with Crippen LogP contribution in [0.5, 0.6) is 0 Å². The van der Waals surface area contributed by atoms with E-state index in [-0.39, 0.29) is 6.10 Å². The largest absolute Gasteiger partial charge is 0.389 e. The van der Waals surface area contributed by atoms with Crippen LogP contribution in [-0.2, 0) is 4.74 Å². The Morgan fingerprint density at radius 2 is 2.10 bits per heavy atom. The normalized spacial score (nSPS) is 39.8. The van der Waals surface area contributed by atoms with Gasteiger partial charge in [-0.25, -0.2) is 0 Å². The average Bonchev–Trinajstić information content (AvgIpc) is 3.10. The van der Waals surface area contributed by atoms with Crippen LogP contribution in [0.4, 0.5) is 0 Å². The average molecular weight is 293 g/mol. The fourth-order valence-corrected chi connectivity index (χ4v) is 4.44. The van der Waals surface area contributed by atoms with Crippen molar-refractivity contribution in [3.8, 4) is 0 Å². The highest BCUT2D eigenvalue weighted by Gasteiger charge is 2.39. The van der Waals surface area contributed by atoms with E-state index in [1.807, 2.05) is 0 Å². The summed E-state index contributed by atoms with van der Waals surface area (Å²) in [6.45, 7) is 4.25. The summed E-state index contributed by atoms with van der Waals surface area (Å²) in [6, 6.07) is 0.655. The molecule has 2 N–H and O–H groups in total. The predicted octanol–water partition coefficient (Wildman–Crippen LogP) is 2.74. The Hall–Kier alpha value is -0.380. The number of fused-ring (bicyclic) bond motifs is 2. The molecule has 0 aromatic carbocycles. The van der Waals surface area contributed by atoms with Gasteiger partial charge in [-0.3, -0.25) is 0 Å². The minimum Gasteiger partial charge on any atom is -0.389 e. The van der Waals surface area contributed by atoms with Crippen molar-refractivity contribution in [3.63, 3.8) is 0 Å². The fourth-order valence-electron chi connectivity index (χ4n) is 4.44. The maximum Gasteiger partial charge on any atom is 0.0897 e. The van der Waals surface area contributed by atoms with Crippen LogP contribution in [0, 0.1) is 23.7 Å². The second-order valence-electron chi connectivity index (χ2n) is 7.56. The zero-order valence-corrected chi connectivity index (χ0v) is 13.3. The molecule has 3 nitrogen and oxygen atoms in total. The second kappa shape index (κ2) is 7.26. The predicted molar refractivity (Wildman–Crippen MR) is 85.1 cm³/mol. The molecule has 0 saturated heterocycles. The van der Waals surface area contributed by atoms with Crippen LogP contribution in [0.2, 0.25) is 0 Å². The van der Waals surface area contributed by atoms with E-state index in [1.54, 1.807) is 0 Å². The number of nitrogens with one attached hydrogen (secondary N) is 1. The molecule has 2 fully saturated rings. The van der Waals surface area contributed by atoms with Crippen LogP contribution in [-0.4, -0.2) is 37.0 Å². The van der Waals surface area contributed by atoms with E-state index in [0.29, 0.717) is 31.0 Å². The smallest absolute Gasteiger partial charge is 0.0897 e.